The van der Waals surface area contributed by atoms with Crippen molar-refractivity contribution in [3.8, 4) is 0 Å². The molecule has 0 spiro atoms. The Balaban J connectivity index is 3.68. The van der Waals surface area contributed by atoms with Crippen molar-refractivity contribution >= 4 is 26.8 Å². The number of pyridine rings is 1. The van der Waals surface area contributed by atoms with E-state index >= 15 is 0 Å². The fraction of sp³-hybridized carbons (Fsp3) is 0.667. The average Bonchev–Trinajstić information content (AvgIpc) is 2.11. The molecule has 1 aromatic rings. The number of hydrogen-bond donors (Lipinski definition) is 0. The Labute approximate surface area is 120 Å². The van der Waals surface area contributed by atoms with Gasteiger partial charge in [0, 0.05) is 12.1 Å². The zero-order valence-electron chi connectivity index (χ0n) is 14.0. The Morgan fingerprint density at radius 3 is 1.37 bits per heavy atom. The second kappa shape index (κ2) is 4.74. The largest absolute Gasteiger partial charge is 0.619 e. The van der Waals surface area contributed by atoms with Crippen LogP contribution in [-0.2, 0) is 5.41 Å². The lowest BCUT2D eigenvalue weighted by Gasteiger charge is -2.27. The summed E-state index contributed by atoms with van der Waals surface area (Å²) in [7, 11) is -3.25. The molecule has 4 heteroatoms. The first kappa shape index (κ1) is 16.4. The number of hydrogen-bond acceptors (Lipinski definition) is 1. The van der Waals surface area contributed by atoms with Crippen LogP contribution in [0.25, 0.3) is 0 Å². The van der Waals surface area contributed by atoms with E-state index in [9.17, 15) is 5.21 Å². The highest BCUT2D eigenvalue weighted by atomic mass is 28.3. The van der Waals surface area contributed by atoms with Crippen LogP contribution in [0.2, 0.25) is 39.3 Å². The minimum absolute atomic E-state index is 0.0943. The monoisotopic (exact) mass is 295 g/mol. The van der Waals surface area contributed by atoms with Gasteiger partial charge < -0.3 is 5.21 Å². The van der Waals surface area contributed by atoms with Crippen molar-refractivity contribution in [3.05, 3.63) is 22.9 Å². The molecular weight excluding hydrogens is 266 g/mol. The van der Waals surface area contributed by atoms with Crippen LogP contribution >= 0.6 is 0 Å². The molecule has 0 bridgehead atoms. The molecule has 0 amide bonds. The molecule has 2 nitrogen and oxygen atoms in total. The van der Waals surface area contributed by atoms with E-state index in [4.69, 9.17) is 0 Å². The van der Waals surface area contributed by atoms with Crippen molar-refractivity contribution in [3.63, 3.8) is 0 Å². The highest BCUT2D eigenvalue weighted by Crippen LogP contribution is 2.21. The van der Waals surface area contributed by atoms with Crippen molar-refractivity contribution in [1.29, 1.82) is 0 Å². The molecule has 0 N–H and O–H groups in total. The van der Waals surface area contributed by atoms with Gasteiger partial charge >= 0.3 is 0 Å². The third-order valence-corrected chi connectivity index (χ3v) is 7.19. The van der Waals surface area contributed by atoms with Crippen LogP contribution in [0.1, 0.15) is 26.3 Å². The van der Waals surface area contributed by atoms with Gasteiger partial charge in [-0.15, -0.1) is 0 Å². The Morgan fingerprint density at radius 1 is 0.842 bits per heavy atom. The summed E-state index contributed by atoms with van der Waals surface area (Å²) in [5, 5.41) is 14.8. The Morgan fingerprint density at radius 2 is 1.16 bits per heavy atom. The van der Waals surface area contributed by atoms with E-state index in [0.29, 0.717) is 0 Å². The molecule has 1 heterocycles. The van der Waals surface area contributed by atoms with Crippen LogP contribution in [0.5, 0.6) is 0 Å². The molecule has 0 aliphatic rings. The van der Waals surface area contributed by atoms with Gasteiger partial charge in [0.2, 0.25) is 0 Å². The molecule has 1 rings (SSSR count). The topological polar surface area (TPSA) is 26.9 Å². The van der Waals surface area contributed by atoms with Gasteiger partial charge in [-0.3, -0.25) is 0 Å². The predicted octanol–water partition coefficient (Wildman–Crippen LogP) is 2.71. The summed E-state index contributed by atoms with van der Waals surface area (Å²) < 4.78 is 1.26. The molecule has 1 aromatic heterocycles. The maximum absolute atomic E-state index is 12.7. The first-order chi connectivity index (χ1) is 8.24. The van der Waals surface area contributed by atoms with E-state index in [1.54, 1.807) is 0 Å². The molecule has 0 aromatic carbocycles. The van der Waals surface area contributed by atoms with Gasteiger partial charge in [0.05, 0.1) is 0 Å². The number of rotatable bonds is 2. The fourth-order valence-electron chi connectivity index (χ4n) is 2.06. The first-order valence-corrected chi connectivity index (χ1v) is 14.0. The molecule has 19 heavy (non-hydrogen) atoms. The molecule has 0 fully saturated rings. The van der Waals surface area contributed by atoms with Crippen LogP contribution in [0, 0.1) is 5.21 Å². The summed E-state index contributed by atoms with van der Waals surface area (Å²) in [5.74, 6) is 0. The lowest BCUT2D eigenvalue weighted by atomic mass is 9.88. The zero-order chi connectivity index (χ0) is 15.2. The van der Waals surface area contributed by atoms with E-state index in [0.717, 1.165) is 10.6 Å². The van der Waals surface area contributed by atoms with Crippen LogP contribution in [0.4, 0.5) is 0 Å². The summed E-state index contributed by atoms with van der Waals surface area (Å²) in [6.45, 7) is 20.1. The van der Waals surface area contributed by atoms with Crippen LogP contribution in [0.3, 0.4) is 0 Å². The summed E-state index contributed by atoms with van der Waals surface area (Å²) in [4.78, 5) is 0. The highest BCUT2D eigenvalue weighted by Gasteiger charge is 2.35. The average molecular weight is 296 g/mol. The Bertz CT molecular complexity index is 441. The van der Waals surface area contributed by atoms with Gasteiger partial charge in [0.1, 0.15) is 0 Å². The van der Waals surface area contributed by atoms with Crippen LogP contribution in [0.15, 0.2) is 12.1 Å². The third-order valence-electron chi connectivity index (χ3n) is 3.42. The first-order valence-electron chi connectivity index (χ1n) is 7.03. The standard InChI is InChI=1S/C15H29NOSi2/c1-15(2,3)12-10-13(18(4,5)6)16(17)14(11-12)19(7,8)9/h10-11H,1-9H3. The predicted molar refractivity (Wildman–Crippen MR) is 90.1 cm³/mol. The van der Waals surface area contributed by atoms with Gasteiger partial charge in [-0.05, 0) is 11.0 Å². The van der Waals surface area contributed by atoms with Gasteiger partial charge in [-0.1, -0.05) is 60.1 Å². The smallest absolute Gasteiger partial charge is 0.163 e. The van der Waals surface area contributed by atoms with Crippen LogP contribution < -0.4 is 15.4 Å². The van der Waals surface area contributed by atoms with Crippen molar-refractivity contribution < 1.29 is 4.73 Å². The number of aromatic nitrogens is 1. The molecule has 0 atom stereocenters. The molecule has 108 valence electrons. The molecule has 0 aliphatic carbocycles. The van der Waals surface area contributed by atoms with Gasteiger partial charge in [-0.25, -0.2) is 0 Å². The molecule has 0 saturated carbocycles. The van der Waals surface area contributed by atoms with Crippen molar-refractivity contribution in [2.75, 3.05) is 0 Å². The highest BCUT2D eigenvalue weighted by molar-refractivity contribution is 6.89. The van der Waals surface area contributed by atoms with Crippen LogP contribution in [-0.4, -0.2) is 16.1 Å². The van der Waals surface area contributed by atoms with E-state index in [1.165, 1.54) is 10.3 Å². The van der Waals surface area contributed by atoms with Crippen molar-refractivity contribution in [1.82, 2.24) is 0 Å². The summed E-state index contributed by atoms with van der Waals surface area (Å²) in [6, 6.07) is 4.31. The summed E-state index contributed by atoms with van der Waals surface area (Å²) in [6.07, 6.45) is 0. The maximum atomic E-state index is 12.7. The molecule has 0 saturated heterocycles. The number of nitrogens with zero attached hydrogens (tertiary/aromatic N) is 1. The van der Waals surface area contributed by atoms with E-state index in [-0.39, 0.29) is 5.41 Å². The van der Waals surface area contributed by atoms with Crippen molar-refractivity contribution in [2.24, 2.45) is 0 Å². The molecule has 0 radical (unpaired) electrons. The van der Waals surface area contributed by atoms with E-state index in [1.807, 2.05) is 0 Å². The second-order valence-corrected chi connectivity index (χ2v) is 18.6. The summed E-state index contributed by atoms with van der Waals surface area (Å²) in [5.41, 5.74) is 1.39. The lowest BCUT2D eigenvalue weighted by molar-refractivity contribution is -0.568. The Hall–Kier alpha value is -0.616. The van der Waals surface area contributed by atoms with Crippen molar-refractivity contribution in [2.45, 2.75) is 65.5 Å². The molecular formula is C15H29NOSi2. The van der Waals surface area contributed by atoms with Gasteiger partial charge in [-0.2, -0.15) is 4.73 Å². The van der Waals surface area contributed by atoms with Gasteiger partial charge in [0.15, 0.2) is 26.8 Å². The van der Waals surface area contributed by atoms with Gasteiger partial charge in [0.25, 0.3) is 0 Å². The summed E-state index contributed by atoms with van der Waals surface area (Å²) >= 11 is 0. The minimum Gasteiger partial charge on any atom is -0.619 e. The molecule has 0 unspecified atom stereocenters. The molecule has 0 aliphatic heterocycles. The zero-order valence-corrected chi connectivity index (χ0v) is 16.0. The third kappa shape index (κ3) is 3.69. The lowest BCUT2D eigenvalue weighted by Crippen LogP contribution is -2.70. The quantitative estimate of drug-likeness (QED) is 0.468. The Kier molecular flexibility index (Phi) is 4.10. The van der Waals surface area contributed by atoms with E-state index in [2.05, 4.69) is 72.2 Å². The SMILES string of the molecule is CC(C)(C)c1cc([Si](C)(C)C)[n+]([O-])c([Si](C)(C)C)c1. The maximum Gasteiger partial charge on any atom is 0.163 e. The fourth-order valence-corrected chi connectivity index (χ4v) is 4.81. The second-order valence-electron chi connectivity index (χ2n) is 8.56. The normalized spacial score (nSPS) is 13.7. The minimum atomic E-state index is -1.63. The van der Waals surface area contributed by atoms with E-state index < -0.39 is 16.1 Å².